The summed E-state index contributed by atoms with van der Waals surface area (Å²) in [4.78, 5) is 26.3. The van der Waals surface area contributed by atoms with E-state index in [1.165, 1.54) is 6.33 Å². The number of hydrogen-bond donors (Lipinski definition) is 2. The van der Waals surface area contributed by atoms with E-state index < -0.39 is 17.9 Å². The number of nitrogens with zero attached hydrogens (tertiary/aromatic N) is 2. The summed E-state index contributed by atoms with van der Waals surface area (Å²) < 4.78 is 1.63. The Morgan fingerprint density at radius 2 is 2.31 bits per heavy atom. The van der Waals surface area contributed by atoms with E-state index in [4.69, 9.17) is 5.11 Å². The number of carbonyl (C=O) groups is 2. The van der Waals surface area contributed by atoms with Gasteiger partial charge in [-0.1, -0.05) is 13.3 Å². The van der Waals surface area contributed by atoms with Gasteiger partial charge in [0.25, 0.3) is 5.91 Å². The summed E-state index contributed by atoms with van der Waals surface area (Å²) in [7, 11) is 1.74. The number of hydrogen-bond acceptors (Lipinski definition) is 3. The first kappa shape index (κ1) is 12.2. The van der Waals surface area contributed by atoms with Crippen LogP contribution >= 0.6 is 0 Å². The van der Waals surface area contributed by atoms with Gasteiger partial charge in [-0.2, -0.15) is 0 Å². The zero-order chi connectivity index (χ0) is 12.1. The molecule has 0 aromatic carbocycles. The van der Waals surface area contributed by atoms with E-state index in [0.29, 0.717) is 12.8 Å². The van der Waals surface area contributed by atoms with Gasteiger partial charge in [0.15, 0.2) is 0 Å². The quantitative estimate of drug-likeness (QED) is 0.759. The molecule has 88 valence electrons. The number of aliphatic carboxylic acids is 1. The van der Waals surface area contributed by atoms with Gasteiger partial charge in [-0.25, -0.2) is 9.78 Å². The molecule has 1 rings (SSSR count). The van der Waals surface area contributed by atoms with Crippen LogP contribution in [0.25, 0.3) is 0 Å². The first-order chi connectivity index (χ1) is 7.54. The third-order valence-electron chi connectivity index (χ3n) is 2.12. The van der Waals surface area contributed by atoms with E-state index in [9.17, 15) is 9.59 Å². The highest BCUT2D eigenvalue weighted by molar-refractivity contribution is 5.94. The van der Waals surface area contributed by atoms with Crippen LogP contribution < -0.4 is 5.32 Å². The maximum absolute atomic E-state index is 11.6. The second-order valence-corrected chi connectivity index (χ2v) is 3.58. The second kappa shape index (κ2) is 5.29. The van der Waals surface area contributed by atoms with Crippen LogP contribution in [0, 0.1) is 0 Å². The minimum absolute atomic E-state index is 0.227. The summed E-state index contributed by atoms with van der Waals surface area (Å²) in [5, 5.41) is 11.3. The van der Waals surface area contributed by atoms with Crippen LogP contribution in [0.2, 0.25) is 0 Å². The van der Waals surface area contributed by atoms with Crippen molar-refractivity contribution in [2.75, 3.05) is 0 Å². The number of carboxylic acid groups (broad SMARTS) is 1. The van der Waals surface area contributed by atoms with Crippen molar-refractivity contribution in [1.29, 1.82) is 0 Å². The van der Waals surface area contributed by atoms with E-state index >= 15 is 0 Å². The Bertz CT molecular complexity index is 386. The molecule has 1 atom stereocenters. The number of aryl methyl sites for hydroxylation is 1. The predicted molar refractivity (Wildman–Crippen MR) is 57.0 cm³/mol. The van der Waals surface area contributed by atoms with Crippen LogP contribution in [0.4, 0.5) is 0 Å². The van der Waals surface area contributed by atoms with E-state index in [-0.39, 0.29) is 5.69 Å². The van der Waals surface area contributed by atoms with E-state index in [0.717, 1.165) is 0 Å². The lowest BCUT2D eigenvalue weighted by Crippen LogP contribution is -2.40. The molecule has 1 heterocycles. The van der Waals surface area contributed by atoms with Crippen molar-refractivity contribution in [2.24, 2.45) is 7.05 Å². The summed E-state index contributed by atoms with van der Waals surface area (Å²) in [6.07, 6.45) is 4.14. The molecule has 0 radical (unpaired) electrons. The molecular formula is C10H15N3O3. The number of aromatic nitrogens is 2. The van der Waals surface area contributed by atoms with Crippen molar-refractivity contribution >= 4 is 11.9 Å². The van der Waals surface area contributed by atoms with Gasteiger partial charge in [-0.15, -0.1) is 0 Å². The van der Waals surface area contributed by atoms with Gasteiger partial charge in [0.05, 0.1) is 6.33 Å². The number of carboxylic acids is 1. The molecule has 1 aromatic rings. The fraction of sp³-hybridized carbons (Fsp3) is 0.500. The topological polar surface area (TPSA) is 84.2 Å². The third-order valence-corrected chi connectivity index (χ3v) is 2.12. The van der Waals surface area contributed by atoms with Crippen molar-refractivity contribution in [1.82, 2.24) is 14.9 Å². The van der Waals surface area contributed by atoms with E-state index in [1.54, 1.807) is 17.8 Å². The summed E-state index contributed by atoms with van der Waals surface area (Å²) in [6, 6.07) is -0.848. The summed E-state index contributed by atoms with van der Waals surface area (Å²) in [5.41, 5.74) is 0.227. The van der Waals surface area contributed by atoms with Gasteiger partial charge in [0, 0.05) is 13.2 Å². The fourth-order valence-corrected chi connectivity index (χ4v) is 1.31. The molecule has 2 N–H and O–H groups in total. The Hall–Kier alpha value is -1.85. The Morgan fingerprint density at radius 3 is 2.75 bits per heavy atom. The van der Waals surface area contributed by atoms with Crippen LogP contribution in [0.15, 0.2) is 12.5 Å². The molecule has 0 aliphatic rings. The minimum atomic E-state index is -1.02. The summed E-state index contributed by atoms with van der Waals surface area (Å²) in [6.45, 7) is 1.86. The number of carbonyl (C=O) groups excluding carboxylic acids is 1. The van der Waals surface area contributed by atoms with Gasteiger partial charge in [0.1, 0.15) is 11.7 Å². The summed E-state index contributed by atoms with van der Waals surface area (Å²) >= 11 is 0. The van der Waals surface area contributed by atoms with Crippen LogP contribution in [0.5, 0.6) is 0 Å². The molecule has 0 spiro atoms. The van der Waals surface area contributed by atoms with Gasteiger partial charge < -0.3 is 15.0 Å². The largest absolute Gasteiger partial charge is 0.480 e. The zero-order valence-corrected chi connectivity index (χ0v) is 9.30. The SMILES string of the molecule is CCCC(NC(=O)c1cn(C)cn1)C(=O)O. The molecule has 1 amide bonds. The molecule has 0 bridgehead atoms. The van der Waals surface area contributed by atoms with Crippen molar-refractivity contribution in [3.63, 3.8) is 0 Å². The molecule has 1 unspecified atom stereocenters. The lowest BCUT2D eigenvalue weighted by molar-refractivity contribution is -0.139. The van der Waals surface area contributed by atoms with Crippen molar-refractivity contribution in [3.05, 3.63) is 18.2 Å². The molecule has 0 saturated heterocycles. The maximum Gasteiger partial charge on any atom is 0.326 e. The van der Waals surface area contributed by atoms with Crippen LogP contribution in [-0.2, 0) is 11.8 Å². The fourth-order valence-electron chi connectivity index (χ4n) is 1.31. The third kappa shape index (κ3) is 3.08. The van der Waals surface area contributed by atoms with E-state index in [1.807, 2.05) is 6.92 Å². The first-order valence-corrected chi connectivity index (χ1v) is 5.06. The Morgan fingerprint density at radius 1 is 1.62 bits per heavy atom. The smallest absolute Gasteiger partial charge is 0.326 e. The maximum atomic E-state index is 11.6. The van der Waals surface area contributed by atoms with Gasteiger partial charge >= 0.3 is 5.97 Å². The average Bonchev–Trinajstić information content (AvgIpc) is 2.64. The highest BCUT2D eigenvalue weighted by Crippen LogP contribution is 2.00. The number of rotatable bonds is 5. The summed E-state index contributed by atoms with van der Waals surface area (Å²) in [5.74, 6) is -1.48. The molecule has 16 heavy (non-hydrogen) atoms. The number of amides is 1. The van der Waals surface area contributed by atoms with Crippen LogP contribution in [0.3, 0.4) is 0 Å². The molecule has 1 aromatic heterocycles. The number of imidazole rings is 1. The highest BCUT2D eigenvalue weighted by atomic mass is 16.4. The molecule has 6 heteroatoms. The molecule has 0 aliphatic carbocycles. The lowest BCUT2D eigenvalue weighted by atomic mass is 10.1. The van der Waals surface area contributed by atoms with Crippen LogP contribution in [-0.4, -0.2) is 32.6 Å². The molecule has 0 saturated carbocycles. The van der Waals surface area contributed by atoms with E-state index in [2.05, 4.69) is 10.3 Å². The zero-order valence-electron chi connectivity index (χ0n) is 9.30. The second-order valence-electron chi connectivity index (χ2n) is 3.58. The van der Waals surface area contributed by atoms with Crippen molar-refractivity contribution < 1.29 is 14.7 Å². The van der Waals surface area contributed by atoms with Crippen molar-refractivity contribution in [3.8, 4) is 0 Å². The molecule has 0 fully saturated rings. The molecule has 0 aliphatic heterocycles. The standard InChI is InChI=1S/C10H15N3O3/c1-3-4-7(10(15)16)12-9(14)8-5-13(2)6-11-8/h5-7H,3-4H2,1-2H3,(H,12,14)(H,15,16). The van der Waals surface area contributed by atoms with Gasteiger partial charge in [0.2, 0.25) is 0 Å². The van der Waals surface area contributed by atoms with Gasteiger partial charge in [-0.3, -0.25) is 4.79 Å². The Balaban J connectivity index is 2.65. The predicted octanol–water partition coefficient (Wildman–Crippen LogP) is 0.403. The number of nitrogens with one attached hydrogen (secondary N) is 1. The van der Waals surface area contributed by atoms with Crippen LogP contribution in [0.1, 0.15) is 30.3 Å². The molecular weight excluding hydrogens is 210 g/mol. The Labute approximate surface area is 93.3 Å². The first-order valence-electron chi connectivity index (χ1n) is 5.06. The molecule has 6 nitrogen and oxygen atoms in total. The lowest BCUT2D eigenvalue weighted by Gasteiger charge is -2.12. The normalized spacial score (nSPS) is 12.1. The minimum Gasteiger partial charge on any atom is -0.480 e. The Kier molecular flexibility index (Phi) is 4.04. The average molecular weight is 225 g/mol. The highest BCUT2D eigenvalue weighted by Gasteiger charge is 2.20. The monoisotopic (exact) mass is 225 g/mol. The van der Waals surface area contributed by atoms with Gasteiger partial charge in [-0.05, 0) is 6.42 Å². The van der Waals surface area contributed by atoms with Crippen molar-refractivity contribution in [2.45, 2.75) is 25.8 Å².